The van der Waals surface area contributed by atoms with Gasteiger partial charge >= 0.3 is 0 Å². The maximum Gasteiger partial charge on any atom is 0.160 e. The molecule has 0 bridgehead atoms. The van der Waals surface area contributed by atoms with Gasteiger partial charge in [0, 0.05) is 16.7 Å². The first-order chi connectivity index (χ1) is 7.63. The summed E-state index contributed by atoms with van der Waals surface area (Å²) in [6.07, 6.45) is 7.27. The van der Waals surface area contributed by atoms with E-state index in [-0.39, 0.29) is 5.78 Å². The molecule has 0 saturated carbocycles. The van der Waals surface area contributed by atoms with Gasteiger partial charge in [0.15, 0.2) is 5.78 Å². The van der Waals surface area contributed by atoms with Gasteiger partial charge in [-0.15, -0.1) is 0 Å². The smallest absolute Gasteiger partial charge is 0.160 e. The van der Waals surface area contributed by atoms with Crippen LogP contribution in [0.1, 0.15) is 26.7 Å². The molecule has 3 heteroatoms. The fraction of sp³-hybridized carbons (Fsp3) is 0.462. The first-order valence-electron chi connectivity index (χ1n) is 5.39. The summed E-state index contributed by atoms with van der Waals surface area (Å²) in [5.74, 6) is 0.0177. The van der Waals surface area contributed by atoms with Crippen molar-refractivity contribution in [2.45, 2.75) is 26.7 Å². The number of Topliss-reactive ketones (excluding diaryl/α,β-unsaturated/α-hetero) is 1. The van der Waals surface area contributed by atoms with E-state index in [4.69, 9.17) is 4.74 Å². The number of ether oxygens (including phenoxy) is 1. The van der Waals surface area contributed by atoms with E-state index >= 15 is 0 Å². The highest BCUT2D eigenvalue weighted by Gasteiger charge is 2.06. The molecule has 0 heterocycles. The second-order valence-corrected chi connectivity index (χ2v) is 4.33. The first kappa shape index (κ1) is 15.3. The molecule has 90 valence electrons. The van der Waals surface area contributed by atoms with Gasteiger partial charge < -0.3 is 4.74 Å². The Balaban J connectivity index is 4.40. The summed E-state index contributed by atoms with van der Waals surface area (Å²) in [4.78, 5) is 11.4. The molecule has 0 radical (unpaired) electrons. The zero-order valence-electron chi connectivity index (χ0n) is 9.96. The van der Waals surface area contributed by atoms with Gasteiger partial charge in [0.05, 0.1) is 6.61 Å². The van der Waals surface area contributed by atoms with E-state index in [0.29, 0.717) is 12.2 Å². The van der Waals surface area contributed by atoms with E-state index in [9.17, 15) is 4.79 Å². The molecule has 16 heavy (non-hydrogen) atoms. The molecule has 0 rings (SSSR count). The Labute approximate surface area is 106 Å². The van der Waals surface area contributed by atoms with Crippen LogP contribution in [0.5, 0.6) is 0 Å². The third-order valence-electron chi connectivity index (χ3n) is 1.94. The predicted octanol–water partition coefficient (Wildman–Crippen LogP) is 3.78. The fourth-order valence-corrected chi connectivity index (χ4v) is 1.62. The number of hydrogen-bond donors (Lipinski definition) is 0. The van der Waals surface area contributed by atoms with Crippen LogP contribution in [-0.2, 0) is 9.53 Å². The minimum atomic E-state index is 0.0177. The van der Waals surface area contributed by atoms with Crippen LogP contribution in [0.25, 0.3) is 0 Å². The molecule has 0 fully saturated rings. The lowest BCUT2D eigenvalue weighted by atomic mass is 10.1. The van der Waals surface area contributed by atoms with E-state index in [1.807, 2.05) is 0 Å². The van der Waals surface area contributed by atoms with Gasteiger partial charge in [-0.1, -0.05) is 54.1 Å². The molecule has 2 nitrogen and oxygen atoms in total. The summed E-state index contributed by atoms with van der Waals surface area (Å²) in [6.45, 7) is 8.39. The van der Waals surface area contributed by atoms with E-state index in [2.05, 4.69) is 29.4 Å². The highest BCUT2D eigenvalue weighted by molar-refractivity contribution is 9.11. The minimum Gasteiger partial charge on any atom is -0.376 e. The van der Waals surface area contributed by atoms with Crippen LogP contribution >= 0.6 is 15.9 Å². The normalized spacial score (nSPS) is 12.7. The Morgan fingerprint density at radius 3 is 2.69 bits per heavy atom. The van der Waals surface area contributed by atoms with Crippen molar-refractivity contribution in [2.24, 2.45) is 0 Å². The minimum absolute atomic E-state index is 0.0177. The maximum absolute atomic E-state index is 11.4. The predicted molar refractivity (Wildman–Crippen MR) is 71.7 cm³/mol. The van der Waals surface area contributed by atoms with Gasteiger partial charge in [-0.2, -0.15) is 0 Å². The van der Waals surface area contributed by atoms with Crippen molar-refractivity contribution in [1.82, 2.24) is 0 Å². The second-order valence-electron chi connectivity index (χ2n) is 3.38. The molecule has 0 aliphatic carbocycles. The van der Waals surface area contributed by atoms with Gasteiger partial charge in [0.2, 0.25) is 0 Å². The number of halogens is 1. The Morgan fingerprint density at radius 1 is 1.50 bits per heavy atom. The molecule has 0 saturated heterocycles. The third-order valence-corrected chi connectivity index (χ3v) is 2.60. The van der Waals surface area contributed by atoms with Gasteiger partial charge in [-0.05, 0) is 13.3 Å². The van der Waals surface area contributed by atoms with Crippen LogP contribution in [0.3, 0.4) is 0 Å². The van der Waals surface area contributed by atoms with Crippen LogP contribution in [0.15, 0.2) is 34.9 Å². The molecule has 0 aromatic rings. The number of allylic oxidation sites excluding steroid dienone is 4. The monoisotopic (exact) mass is 286 g/mol. The topological polar surface area (TPSA) is 26.3 Å². The van der Waals surface area contributed by atoms with Crippen LogP contribution in [-0.4, -0.2) is 19.0 Å². The van der Waals surface area contributed by atoms with Crippen LogP contribution in [0.2, 0.25) is 0 Å². The molecule has 0 spiro atoms. The number of unbranched alkanes of at least 4 members (excludes halogenated alkanes) is 1. The molecular weight excluding hydrogens is 268 g/mol. The Bertz CT molecular complexity index is 290. The highest BCUT2D eigenvalue weighted by atomic mass is 79.9. The van der Waals surface area contributed by atoms with Crippen LogP contribution < -0.4 is 0 Å². The molecule has 0 aliphatic rings. The summed E-state index contributed by atoms with van der Waals surface area (Å²) >= 11 is 3.38. The summed E-state index contributed by atoms with van der Waals surface area (Å²) < 4.78 is 6.22. The average molecular weight is 287 g/mol. The van der Waals surface area contributed by atoms with Crippen molar-refractivity contribution in [3.8, 4) is 0 Å². The lowest BCUT2D eigenvalue weighted by Gasteiger charge is -2.05. The van der Waals surface area contributed by atoms with Crippen molar-refractivity contribution in [2.75, 3.05) is 13.2 Å². The van der Waals surface area contributed by atoms with Gasteiger partial charge in [0.25, 0.3) is 0 Å². The summed E-state index contributed by atoms with van der Waals surface area (Å²) in [5, 5.41) is 0. The highest BCUT2D eigenvalue weighted by Crippen LogP contribution is 2.15. The summed E-state index contributed by atoms with van der Waals surface area (Å²) in [5.41, 5.74) is 0.636. The number of carbonyl (C=O) groups excluding carboxylic acids is 1. The lowest BCUT2D eigenvalue weighted by molar-refractivity contribution is -0.113. The maximum atomic E-state index is 11.4. The molecule has 0 amide bonds. The molecule has 0 aromatic heterocycles. The van der Waals surface area contributed by atoms with Gasteiger partial charge in [0.1, 0.15) is 0 Å². The van der Waals surface area contributed by atoms with E-state index < -0.39 is 0 Å². The number of rotatable bonds is 8. The zero-order valence-corrected chi connectivity index (χ0v) is 11.5. The third kappa shape index (κ3) is 6.75. The zero-order chi connectivity index (χ0) is 12.4. The standard InChI is InChI=1S/C13H19BrO2/c1-4-6-8-12(11(3)15)13(14)10-16-9-7-5-2/h4,6,8H,1,5,7,9-10H2,2-3H3/b8-6-,13-12-. The fourth-order valence-electron chi connectivity index (χ4n) is 1.05. The van der Waals surface area contributed by atoms with Crippen molar-refractivity contribution in [3.63, 3.8) is 0 Å². The Morgan fingerprint density at radius 2 is 2.19 bits per heavy atom. The van der Waals surface area contributed by atoms with Crippen molar-refractivity contribution in [1.29, 1.82) is 0 Å². The van der Waals surface area contributed by atoms with Crippen LogP contribution in [0, 0.1) is 0 Å². The quantitative estimate of drug-likeness (QED) is 0.386. The number of carbonyl (C=O) groups is 1. The first-order valence-corrected chi connectivity index (χ1v) is 6.19. The van der Waals surface area contributed by atoms with Gasteiger partial charge in [-0.3, -0.25) is 4.79 Å². The SMILES string of the molecule is C=C/C=C\C(C(C)=O)=C(\Br)COCCCC. The second kappa shape index (κ2) is 9.55. The number of ketones is 1. The van der Waals surface area contributed by atoms with Gasteiger partial charge in [-0.25, -0.2) is 0 Å². The van der Waals surface area contributed by atoms with Crippen molar-refractivity contribution < 1.29 is 9.53 Å². The van der Waals surface area contributed by atoms with Crippen molar-refractivity contribution >= 4 is 21.7 Å². The lowest BCUT2D eigenvalue weighted by Crippen LogP contribution is -2.02. The molecule has 0 unspecified atom stereocenters. The summed E-state index contributed by atoms with van der Waals surface area (Å²) in [6, 6.07) is 0. The summed E-state index contributed by atoms with van der Waals surface area (Å²) in [7, 11) is 0. The van der Waals surface area contributed by atoms with E-state index in [1.54, 1.807) is 18.2 Å². The molecule has 0 N–H and O–H groups in total. The molecule has 0 atom stereocenters. The average Bonchev–Trinajstić information content (AvgIpc) is 2.24. The molecular formula is C13H19BrO2. The Kier molecular flexibility index (Phi) is 9.15. The Hall–Kier alpha value is -0.670. The van der Waals surface area contributed by atoms with E-state index in [1.165, 1.54) is 6.92 Å². The van der Waals surface area contributed by atoms with Crippen LogP contribution in [0.4, 0.5) is 0 Å². The number of hydrogen-bond acceptors (Lipinski definition) is 2. The molecule has 0 aromatic carbocycles. The van der Waals surface area contributed by atoms with Crippen molar-refractivity contribution in [3.05, 3.63) is 34.9 Å². The molecule has 0 aliphatic heterocycles. The van der Waals surface area contributed by atoms with E-state index in [0.717, 1.165) is 23.9 Å². The largest absolute Gasteiger partial charge is 0.376 e.